The molecule has 2 aromatic rings. The van der Waals surface area contributed by atoms with Crippen LogP contribution < -0.4 is 10.6 Å². The molecular weight excluding hydrogens is 494 g/mol. The number of carbonyl (C=O) groups excluding carboxylic acids is 3. The van der Waals surface area contributed by atoms with Crippen molar-refractivity contribution >= 4 is 24.0 Å². The number of nitrogens with zero attached hydrogens (tertiary/aromatic N) is 1. The van der Waals surface area contributed by atoms with Crippen LogP contribution in [0.2, 0.25) is 0 Å². The second kappa shape index (κ2) is 15.7. The minimum Gasteiger partial charge on any atom is -0.444 e. The summed E-state index contributed by atoms with van der Waals surface area (Å²) in [6, 6.07) is 14.5. The highest BCUT2D eigenvalue weighted by molar-refractivity contribution is 5.92. The molecule has 0 aliphatic heterocycles. The van der Waals surface area contributed by atoms with Crippen molar-refractivity contribution in [2.24, 2.45) is 0 Å². The average molecular weight is 538 g/mol. The van der Waals surface area contributed by atoms with Crippen LogP contribution >= 0.6 is 0 Å². The summed E-state index contributed by atoms with van der Waals surface area (Å²) in [5.41, 5.74) is 1.55. The maximum Gasteiger partial charge on any atom is 0.408 e. The molecule has 0 heterocycles. The summed E-state index contributed by atoms with van der Waals surface area (Å²) in [5, 5.41) is 15.5. The second-order valence-corrected chi connectivity index (χ2v) is 10.5. The number of ether oxygens (including phenoxy) is 1. The molecule has 39 heavy (non-hydrogen) atoms. The lowest BCUT2D eigenvalue weighted by Gasteiger charge is -2.34. The number of hydrogen-bond donors (Lipinski definition) is 3. The van der Waals surface area contributed by atoms with Gasteiger partial charge in [-0.1, -0.05) is 87.4 Å². The molecule has 2 unspecified atom stereocenters. The van der Waals surface area contributed by atoms with Gasteiger partial charge < -0.3 is 25.4 Å². The number of aliphatic hydroxyl groups is 1. The fourth-order valence-electron chi connectivity index (χ4n) is 4.12. The van der Waals surface area contributed by atoms with E-state index in [2.05, 4.69) is 24.1 Å². The van der Waals surface area contributed by atoms with Crippen LogP contribution in [0.1, 0.15) is 76.1 Å². The van der Waals surface area contributed by atoms with Crippen molar-refractivity contribution in [3.63, 3.8) is 0 Å². The van der Waals surface area contributed by atoms with E-state index in [9.17, 15) is 19.5 Å². The Kier molecular flexibility index (Phi) is 12.7. The van der Waals surface area contributed by atoms with E-state index in [1.54, 1.807) is 32.9 Å². The number of carbonyl (C=O) groups is 3. The molecular formula is C31H43N3O5. The number of amides is 3. The zero-order chi connectivity index (χ0) is 28.8. The Morgan fingerprint density at radius 2 is 1.77 bits per heavy atom. The van der Waals surface area contributed by atoms with Crippen LogP contribution in [0.25, 0.3) is 6.08 Å². The van der Waals surface area contributed by atoms with E-state index in [-0.39, 0.29) is 19.0 Å². The maximum atomic E-state index is 13.9. The molecule has 0 saturated heterocycles. The van der Waals surface area contributed by atoms with Gasteiger partial charge in [-0.2, -0.15) is 0 Å². The summed E-state index contributed by atoms with van der Waals surface area (Å²) in [5.74, 6) is -0.929. The molecule has 3 amide bonds. The lowest BCUT2D eigenvalue weighted by Crippen LogP contribution is -2.54. The van der Waals surface area contributed by atoms with Gasteiger partial charge in [0.05, 0.1) is 6.61 Å². The summed E-state index contributed by atoms with van der Waals surface area (Å²) in [6.45, 7) is 11.0. The van der Waals surface area contributed by atoms with Gasteiger partial charge in [0.1, 0.15) is 17.7 Å². The number of unbranched alkanes of at least 4 members (excludes halogenated alkanes) is 3. The number of aliphatic hydroxyl groups excluding tert-OH is 1. The third-order valence-corrected chi connectivity index (χ3v) is 6.04. The molecule has 2 atom stereocenters. The van der Waals surface area contributed by atoms with Gasteiger partial charge in [0.2, 0.25) is 11.8 Å². The van der Waals surface area contributed by atoms with Crippen LogP contribution in [0.3, 0.4) is 0 Å². The van der Waals surface area contributed by atoms with Crippen molar-refractivity contribution in [2.45, 2.75) is 77.6 Å². The Hall–Kier alpha value is -3.65. The Morgan fingerprint density at radius 3 is 2.38 bits per heavy atom. The van der Waals surface area contributed by atoms with Crippen LogP contribution in [-0.4, -0.2) is 52.7 Å². The molecule has 8 heteroatoms. The first-order chi connectivity index (χ1) is 18.6. The highest BCUT2D eigenvalue weighted by Gasteiger charge is 2.36. The number of rotatable bonds is 14. The molecule has 0 radical (unpaired) electrons. The van der Waals surface area contributed by atoms with Crippen LogP contribution in [0, 0.1) is 0 Å². The van der Waals surface area contributed by atoms with Crippen LogP contribution in [0.4, 0.5) is 4.79 Å². The number of nitrogens with one attached hydrogen (secondary N) is 2. The number of alkyl carbamates (subject to hydrolysis) is 1. The average Bonchev–Trinajstić information content (AvgIpc) is 2.91. The summed E-state index contributed by atoms with van der Waals surface area (Å²) in [4.78, 5) is 41.6. The van der Waals surface area contributed by atoms with Crippen molar-refractivity contribution in [3.05, 3.63) is 77.9 Å². The first-order valence-corrected chi connectivity index (χ1v) is 13.5. The lowest BCUT2D eigenvalue weighted by atomic mass is 9.99. The van der Waals surface area contributed by atoms with E-state index in [4.69, 9.17) is 4.74 Å². The number of benzene rings is 2. The Labute approximate surface area is 232 Å². The summed E-state index contributed by atoms with van der Waals surface area (Å²) in [7, 11) is 0. The van der Waals surface area contributed by atoms with Gasteiger partial charge >= 0.3 is 6.09 Å². The van der Waals surface area contributed by atoms with Gasteiger partial charge in [0.15, 0.2) is 0 Å². The first-order valence-electron chi connectivity index (χ1n) is 13.5. The fraction of sp³-hybridized carbons (Fsp3) is 0.452. The van der Waals surface area contributed by atoms with E-state index >= 15 is 0 Å². The van der Waals surface area contributed by atoms with E-state index in [0.29, 0.717) is 12.0 Å². The Balaban J connectivity index is 2.44. The van der Waals surface area contributed by atoms with E-state index in [1.807, 2.05) is 48.5 Å². The largest absolute Gasteiger partial charge is 0.444 e. The molecule has 8 nitrogen and oxygen atoms in total. The molecule has 2 aromatic carbocycles. The molecule has 0 aliphatic rings. The molecule has 0 aliphatic carbocycles. The SMILES string of the molecule is C=Cc1cccc(C(C(=O)NCc2ccccc2)N(CCCCCC)C(=O)C(CO)NC(=O)OC(C)(C)C)c1. The summed E-state index contributed by atoms with van der Waals surface area (Å²) < 4.78 is 5.30. The lowest BCUT2D eigenvalue weighted by molar-refractivity contribution is -0.143. The van der Waals surface area contributed by atoms with E-state index in [1.165, 1.54) is 4.90 Å². The van der Waals surface area contributed by atoms with Crippen molar-refractivity contribution in [2.75, 3.05) is 13.2 Å². The molecule has 0 bridgehead atoms. The first kappa shape index (κ1) is 31.6. The van der Waals surface area contributed by atoms with Gasteiger partial charge in [-0.15, -0.1) is 0 Å². The topological polar surface area (TPSA) is 108 Å². The molecule has 3 N–H and O–H groups in total. The Morgan fingerprint density at radius 1 is 1.05 bits per heavy atom. The van der Waals surface area contributed by atoms with Gasteiger partial charge in [-0.3, -0.25) is 9.59 Å². The standard InChI is InChI=1S/C31H43N3O5/c1-6-8-9-13-19-34(29(37)26(22-35)33-30(38)39-31(3,4)5)27(25-18-14-17-23(7-2)20-25)28(36)32-21-24-15-11-10-12-16-24/h7,10-12,14-18,20,26-27,35H,2,6,8-9,13,19,21-22H2,1,3-5H3,(H,32,36)(H,33,38). The number of hydrogen-bond acceptors (Lipinski definition) is 5. The zero-order valence-electron chi connectivity index (χ0n) is 23.6. The molecule has 0 saturated carbocycles. The highest BCUT2D eigenvalue weighted by atomic mass is 16.6. The second-order valence-electron chi connectivity index (χ2n) is 10.5. The van der Waals surface area contributed by atoms with E-state index < -0.39 is 36.3 Å². The minimum atomic E-state index is -1.28. The maximum absolute atomic E-state index is 13.9. The van der Waals surface area contributed by atoms with Gasteiger partial charge in [0.25, 0.3) is 0 Å². The van der Waals surface area contributed by atoms with Crippen molar-refractivity contribution in [1.29, 1.82) is 0 Å². The predicted octanol–water partition coefficient (Wildman–Crippen LogP) is 4.98. The summed E-state index contributed by atoms with van der Waals surface area (Å²) >= 11 is 0. The third-order valence-electron chi connectivity index (χ3n) is 6.04. The molecule has 0 aromatic heterocycles. The third kappa shape index (κ3) is 10.6. The smallest absolute Gasteiger partial charge is 0.408 e. The minimum absolute atomic E-state index is 0.271. The fourth-order valence-corrected chi connectivity index (χ4v) is 4.12. The predicted molar refractivity (Wildman–Crippen MR) is 154 cm³/mol. The molecule has 212 valence electrons. The highest BCUT2D eigenvalue weighted by Crippen LogP contribution is 2.25. The van der Waals surface area contributed by atoms with Crippen molar-refractivity contribution in [1.82, 2.24) is 15.5 Å². The quantitative estimate of drug-likeness (QED) is 0.295. The van der Waals surface area contributed by atoms with Crippen molar-refractivity contribution in [3.8, 4) is 0 Å². The Bertz CT molecular complexity index is 1080. The van der Waals surface area contributed by atoms with Crippen molar-refractivity contribution < 1.29 is 24.2 Å². The van der Waals surface area contributed by atoms with Crippen LogP contribution in [0.5, 0.6) is 0 Å². The van der Waals surface area contributed by atoms with Crippen LogP contribution in [0.15, 0.2) is 61.2 Å². The van der Waals surface area contributed by atoms with Crippen LogP contribution in [-0.2, 0) is 20.9 Å². The molecule has 0 fully saturated rings. The van der Waals surface area contributed by atoms with Gasteiger partial charge in [-0.25, -0.2) is 4.79 Å². The monoisotopic (exact) mass is 537 g/mol. The van der Waals surface area contributed by atoms with E-state index in [0.717, 1.165) is 30.4 Å². The van der Waals surface area contributed by atoms with Gasteiger partial charge in [-0.05, 0) is 49.9 Å². The zero-order valence-corrected chi connectivity index (χ0v) is 23.6. The normalized spacial score (nSPS) is 12.6. The van der Waals surface area contributed by atoms with Gasteiger partial charge in [0, 0.05) is 13.1 Å². The molecule has 2 rings (SSSR count). The molecule has 0 spiro atoms. The summed E-state index contributed by atoms with van der Waals surface area (Å²) in [6.07, 6.45) is 4.38.